The number of hydrogen-bond acceptors (Lipinski definition) is 2. The zero-order chi connectivity index (χ0) is 14.5. The molecule has 0 fully saturated rings. The van der Waals surface area contributed by atoms with Gasteiger partial charge in [-0.1, -0.05) is 35.3 Å². The Bertz CT molecular complexity index is 584. The van der Waals surface area contributed by atoms with Crippen molar-refractivity contribution in [3.8, 4) is 5.75 Å². The average Bonchev–Trinajstić information content (AvgIpc) is 2.39. The summed E-state index contributed by atoms with van der Waals surface area (Å²) in [5, 5.41) is 1.31. The van der Waals surface area contributed by atoms with Gasteiger partial charge >= 0.3 is 0 Å². The smallest absolute Gasteiger partial charge is 0.120 e. The standard InChI is InChI=1S/C16H17Cl2NO/c1-11(19)7-12-3-2-4-15(8-12)20-10-13-9-14(17)5-6-16(13)18/h2-6,8-9,11H,7,10,19H2,1H3. The Kier molecular flexibility index (Phi) is 5.30. The van der Waals surface area contributed by atoms with E-state index in [-0.39, 0.29) is 6.04 Å². The van der Waals surface area contributed by atoms with E-state index < -0.39 is 0 Å². The van der Waals surface area contributed by atoms with Gasteiger partial charge in [0.15, 0.2) is 0 Å². The van der Waals surface area contributed by atoms with Gasteiger partial charge in [-0.05, 0) is 49.2 Å². The van der Waals surface area contributed by atoms with E-state index in [0.29, 0.717) is 16.7 Å². The summed E-state index contributed by atoms with van der Waals surface area (Å²) in [6, 6.07) is 13.4. The highest BCUT2D eigenvalue weighted by atomic mass is 35.5. The van der Waals surface area contributed by atoms with E-state index in [1.165, 1.54) is 0 Å². The summed E-state index contributed by atoms with van der Waals surface area (Å²) in [5.74, 6) is 0.805. The van der Waals surface area contributed by atoms with Gasteiger partial charge in [0.1, 0.15) is 12.4 Å². The first-order valence-electron chi connectivity index (χ1n) is 6.46. The van der Waals surface area contributed by atoms with E-state index in [9.17, 15) is 0 Å². The van der Waals surface area contributed by atoms with Gasteiger partial charge in [0.25, 0.3) is 0 Å². The largest absolute Gasteiger partial charge is 0.489 e. The third-order valence-corrected chi connectivity index (χ3v) is 3.46. The van der Waals surface area contributed by atoms with Gasteiger partial charge in [0, 0.05) is 21.7 Å². The van der Waals surface area contributed by atoms with Crippen LogP contribution in [0.25, 0.3) is 0 Å². The third kappa shape index (κ3) is 4.41. The molecule has 2 rings (SSSR count). The summed E-state index contributed by atoms with van der Waals surface area (Å²) in [7, 11) is 0. The Hall–Kier alpha value is -1.22. The van der Waals surface area contributed by atoms with Crippen LogP contribution in [-0.4, -0.2) is 6.04 Å². The lowest BCUT2D eigenvalue weighted by Gasteiger charge is -2.10. The maximum absolute atomic E-state index is 6.11. The first kappa shape index (κ1) is 15.2. The van der Waals surface area contributed by atoms with Crippen molar-refractivity contribution in [3.63, 3.8) is 0 Å². The molecule has 0 aromatic heterocycles. The van der Waals surface area contributed by atoms with Gasteiger partial charge in [-0.25, -0.2) is 0 Å². The van der Waals surface area contributed by atoms with Crippen LogP contribution in [-0.2, 0) is 13.0 Å². The molecule has 106 valence electrons. The molecule has 20 heavy (non-hydrogen) atoms. The summed E-state index contributed by atoms with van der Waals surface area (Å²) in [6.45, 7) is 2.38. The highest BCUT2D eigenvalue weighted by Crippen LogP contribution is 2.23. The highest BCUT2D eigenvalue weighted by molar-refractivity contribution is 6.33. The number of nitrogens with two attached hydrogens (primary N) is 1. The molecular formula is C16H17Cl2NO. The maximum atomic E-state index is 6.11. The Morgan fingerprint density at radius 2 is 1.95 bits per heavy atom. The predicted molar refractivity (Wildman–Crippen MR) is 84.6 cm³/mol. The number of benzene rings is 2. The molecule has 1 atom stereocenters. The first-order valence-corrected chi connectivity index (χ1v) is 7.21. The van der Waals surface area contributed by atoms with Crippen LogP contribution in [0, 0.1) is 0 Å². The Labute approximate surface area is 129 Å². The highest BCUT2D eigenvalue weighted by Gasteiger charge is 2.04. The van der Waals surface area contributed by atoms with Gasteiger partial charge in [-0.2, -0.15) is 0 Å². The van der Waals surface area contributed by atoms with Gasteiger partial charge < -0.3 is 10.5 Å². The fourth-order valence-electron chi connectivity index (χ4n) is 1.95. The Morgan fingerprint density at radius 3 is 2.70 bits per heavy atom. The van der Waals surface area contributed by atoms with E-state index in [1.54, 1.807) is 12.1 Å². The molecule has 1 unspecified atom stereocenters. The van der Waals surface area contributed by atoms with Crippen molar-refractivity contribution >= 4 is 23.2 Å². The lowest BCUT2D eigenvalue weighted by molar-refractivity contribution is 0.306. The van der Waals surface area contributed by atoms with Crippen LogP contribution >= 0.6 is 23.2 Å². The fraction of sp³-hybridized carbons (Fsp3) is 0.250. The Balaban J connectivity index is 2.05. The summed E-state index contributed by atoms with van der Waals surface area (Å²) >= 11 is 12.1. The van der Waals surface area contributed by atoms with Crippen molar-refractivity contribution in [2.24, 2.45) is 5.73 Å². The van der Waals surface area contributed by atoms with Crippen molar-refractivity contribution in [3.05, 3.63) is 63.6 Å². The average molecular weight is 310 g/mol. The SMILES string of the molecule is CC(N)Cc1cccc(OCc2cc(Cl)ccc2Cl)c1. The topological polar surface area (TPSA) is 35.2 Å². The van der Waals surface area contributed by atoms with Crippen LogP contribution in [0.15, 0.2) is 42.5 Å². The number of ether oxygens (including phenoxy) is 1. The zero-order valence-electron chi connectivity index (χ0n) is 11.3. The number of rotatable bonds is 5. The molecule has 2 N–H and O–H groups in total. The first-order chi connectivity index (χ1) is 9.54. The van der Waals surface area contributed by atoms with Crippen LogP contribution in [0.5, 0.6) is 5.75 Å². The second-order valence-electron chi connectivity index (χ2n) is 4.85. The van der Waals surface area contributed by atoms with Crippen molar-refractivity contribution in [2.45, 2.75) is 26.0 Å². The molecule has 0 aliphatic heterocycles. The maximum Gasteiger partial charge on any atom is 0.120 e. The monoisotopic (exact) mass is 309 g/mol. The molecular weight excluding hydrogens is 293 g/mol. The molecule has 0 amide bonds. The fourth-order valence-corrected chi connectivity index (χ4v) is 2.32. The van der Waals surface area contributed by atoms with Gasteiger partial charge in [0.2, 0.25) is 0 Å². The molecule has 0 aliphatic carbocycles. The molecule has 0 radical (unpaired) electrons. The molecule has 0 heterocycles. The van der Waals surface area contributed by atoms with Gasteiger partial charge in [-0.3, -0.25) is 0 Å². The normalized spacial score (nSPS) is 12.2. The lowest BCUT2D eigenvalue weighted by Crippen LogP contribution is -2.17. The summed E-state index contributed by atoms with van der Waals surface area (Å²) in [4.78, 5) is 0. The minimum Gasteiger partial charge on any atom is -0.489 e. The zero-order valence-corrected chi connectivity index (χ0v) is 12.8. The molecule has 2 aromatic rings. The molecule has 2 aromatic carbocycles. The van der Waals surface area contributed by atoms with Crippen LogP contribution in [0.3, 0.4) is 0 Å². The van der Waals surface area contributed by atoms with Crippen molar-refractivity contribution in [2.75, 3.05) is 0 Å². The van der Waals surface area contributed by atoms with E-state index in [4.69, 9.17) is 33.7 Å². The summed E-state index contributed by atoms with van der Waals surface area (Å²) in [6.07, 6.45) is 0.828. The molecule has 0 aliphatic rings. The van der Waals surface area contributed by atoms with E-state index in [2.05, 4.69) is 0 Å². The molecule has 2 nitrogen and oxygen atoms in total. The van der Waals surface area contributed by atoms with Gasteiger partial charge in [-0.15, -0.1) is 0 Å². The molecule has 4 heteroatoms. The summed E-state index contributed by atoms with van der Waals surface area (Å²) < 4.78 is 5.77. The Morgan fingerprint density at radius 1 is 1.15 bits per heavy atom. The van der Waals surface area contributed by atoms with Crippen molar-refractivity contribution in [1.29, 1.82) is 0 Å². The second kappa shape index (κ2) is 6.98. The molecule has 0 saturated heterocycles. The molecule has 0 spiro atoms. The van der Waals surface area contributed by atoms with E-state index in [1.807, 2.05) is 37.3 Å². The van der Waals surface area contributed by atoms with E-state index >= 15 is 0 Å². The minimum atomic E-state index is 0.132. The minimum absolute atomic E-state index is 0.132. The molecule has 0 saturated carbocycles. The summed E-state index contributed by atoms with van der Waals surface area (Å²) in [5.41, 5.74) is 7.84. The van der Waals surface area contributed by atoms with Crippen LogP contribution in [0.4, 0.5) is 0 Å². The van der Waals surface area contributed by atoms with Crippen LogP contribution in [0.2, 0.25) is 10.0 Å². The van der Waals surface area contributed by atoms with E-state index in [0.717, 1.165) is 23.3 Å². The van der Waals surface area contributed by atoms with Crippen molar-refractivity contribution in [1.82, 2.24) is 0 Å². The predicted octanol–water partition coefficient (Wildman–Crippen LogP) is 4.46. The lowest BCUT2D eigenvalue weighted by atomic mass is 10.1. The second-order valence-corrected chi connectivity index (χ2v) is 5.70. The van der Waals surface area contributed by atoms with Gasteiger partial charge in [0.05, 0.1) is 0 Å². The number of hydrogen-bond donors (Lipinski definition) is 1. The molecule has 0 bridgehead atoms. The quantitative estimate of drug-likeness (QED) is 0.885. The number of halogens is 2. The van der Waals surface area contributed by atoms with Crippen LogP contribution in [0.1, 0.15) is 18.1 Å². The third-order valence-electron chi connectivity index (χ3n) is 2.86. The van der Waals surface area contributed by atoms with Crippen LogP contribution < -0.4 is 10.5 Å². The van der Waals surface area contributed by atoms with Crippen molar-refractivity contribution < 1.29 is 4.74 Å².